The van der Waals surface area contributed by atoms with Crippen molar-refractivity contribution in [3.8, 4) is 5.75 Å². The van der Waals surface area contributed by atoms with Gasteiger partial charge >= 0.3 is 6.03 Å². The van der Waals surface area contributed by atoms with E-state index in [1.54, 1.807) is 4.90 Å². The first-order valence-corrected chi connectivity index (χ1v) is 8.34. The number of ether oxygens (including phenoxy) is 1. The Hall–Kier alpha value is -2.71. The number of alkyl halides is 2. The average molecular weight is 367 g/mol. The molecular weight excluding hydrogens is 348 g/mol. The summed E-state index contributed by atoms with van der Waals surface area (Å²) < 4.78 is 30.5. The highest BCUT2D eigenvalue weighted by Gasteiger charge is 2.39. The second-order valence-corrected chi connectivity index (χ2v) is 6.14. The van der Waals surface area contributed by atoms with Crippen LogP contribution in [0.15, 0.2) is 24.3 Å². The van der Waals surface area contributed by atoms with Gasteiger partial charge in [-0.2, -0.15) is 0 Å². The van der Waals surface area contributed by atoms with Crippen molar-refractivity contribution in [3.63, 3.8) is 0 Å². The summed E-state index contributed by atoms with van der Waals surface area (Å²) >= 11 is 0. The number of hydrogen-bond donors (Lipinski definition) is 1. The number of hydrogen-bond acceptors (Lipinski definition) is 4. The quantitative estimate of drug-likeness (QED) is 0.798. The van der Waals surface area contributed by atoms with Crippen LogP contribution in [0.4, 0.5) is 13.6 Å². The van der Waals surface area contributed by atoms with Crippen molar-refractivity contribution < 1.29 is 27.9 Å². The van der Waals surface area contributed by atoms with E-state index in [-0.39, 0.29) is 18.9 Å². The minimum absolute atomic E-state index is 0.0667. The predicted molar refractivity (Wildman–Crippen MR) is 86.6 cm³/mol. The molecule has 0 spiro atoms. The van der Waals surface area contributed by atoms with Crippen LogP contribution in [0.3, 0.4) is 0 Å². The van der Waals surface area contributed by atoms with E-state index in [4.69, 9.17) is 4.74 Å². The number of halogens is 2. The summed E-state index contributed by atoms with van der Waals surface area (Å²) in [6.07, 6.45) is -3.49. The molecule has 0 radical (unpaired) electrons. The monoisotopic (exact) mass is 367 g/mol. The van der Waals surface area contributed by atoms with Crippen LogP contribution in [0.25, 0.3) is 0 Å². The summed E-state index contributed by atoms with van der Waals surface area (Å²) in [5.74, 6) is -0.220. The minimum Gasteiger partial charge on any atom is -0.491 e. The van der Waals surface area contributed by atoms with E-state index in [2.05, 4.69) is 5.32 Å². The molecule has 26 heavy (non-hydrogen) atoms. The molecule has 9 heteroatoms. The third-order valence-corrected chi connectivity index (χ3v) is 4.38. The molecular formula is C17H19F2N3O4. The number of nitrogens with zero attached hydrogens (tertiary/aromatic N) is 2. The third kappa shape index (κ3) is 3.92. The van der Waals surface area contributed by atoms with Gasteiger partial charge < -0.3 is 15.0 Å². The Balaban J connectivity index is 1.57. The van der Waals surface area contributed by atoms with E-state index in [0.717, 1.165) is 16.2 Å². The maximum atomic E-state index is 12.5. The number of fused-ring (bicyclic) bond motifs is 1. The fourth-order valence-electron chi connectivity index (χ4n) is 3.03. The number of rotatable bonds is 5. The van der Waals surface area contributed by atoms with Crippen molar-refractivity contribution in [1.82, 2.24) is 15.1 Å². The van der Waals surface area contributed by atoms with Crippen molar-refractivity contribution in [1.29, 1.82) is 0 Å². The second kappa shape index (κ2) is 7.67. The molecule has 2 heterocycles. The van der Waals surface area contributed by atoms with Crippen LogP contribution in [0.5, 0.6) is 5.75 Å². The van der Waals surface area contributed by atoms with E-state index in [0.29, 0.717) is 19.7 Å². The summed E-state index contributed by atoms with van der Waals surface area (Å²) in [5.41, 5.74) is 0.880. The number of nitrogens with one attached hydrogen (secondary N) is 1. The van der Waals surface area contributed by atoms with Crippen LogP contribution in [0, 0.1) is 0 Å². The number of carbonyl (C=O) groups excluding carboxylic acids is 3. The predicted octanol–water partition coefficient (Wildman–Crippen LogP) is 1.37. The van der Waals surface area contributed by atoms with Gasteiger partial charge in [-0.1, -0.05) is 18.2 Å². The van der Waals surface area contributed by atoms with E-state index in [1.807, 2.05) is 24.3 Å². The summed E-state index contributed by atoms with van der Waals surface area (Å²) in [5, 5.41) is 2.22. The molecule has 0 saturated carbocycles. The number of carbonyl (C=O) groups is 3. The highest BCUT2D eigenvalue weighted by Crippen LogP contribution is 2.23. The first-order chi connectivity index (χ1) is 12.5. The zero-order valence-corrected chi connectivity index (χ0v) is 14.0. The van der Waals surface area contributed by atoms with E-state index < -0.39 is 30.8 Å². The number of benzene rings is 1. The van der Waals surface area contributed by atoms with Crippen molar-refractivity contribution >= 4 is 17.8 Å². The van der Waals surface area contributed by atoms with E-state index >= 15 is 0 Å². The van der Waals surface area contributed by atoms with Gasteiger partial charge in [-0.3, -0.25) is 14.5 Å². The molecule has 2 aliphatic rings. The van der Waals surface area contributed by atoms with Gasteiger partial charge in [-0.05, 0) is 6.07 Å². The van der Waals surface area contributed by atoms with Gasteiger partial charge in [0.2, 0.25) is 12.3 Å². The third-order valence-electron chi connectivity index (χ3n) is 4.38. The normalized spacial score (nSPS) is 19.9. The molecule has 1 aromatic carbocycles. The fraction of sp³-hybridized carbons (Fsp3) is 0.471. The first-order valence-electron chi connectivity index (χ1n) is 8.34. The Bertz CT molecular complexity index is 713. The minimum atomic E-state index is -2.69. The van der Waals surface area contributed by atoms with Crippen molar-refractivity contribution in [2.75, 3.05) is 19.7 Å². The Morgan fingerprint density at radius 2 is 2.08 bits per heavy atom. The molecule has 3 rings (SSSR count). The molecule has 4 amide bonds. The van der Waals surface area contributed by atoms with Crippen LogP contribution in [-0.4, -0.2) is 59.8 Å². The molecule has 1 N–H and O–H groups in total. The molecule has 0 aliphatic carbocycles. The first kappa shape index (κ1) is 18.1. The Morgan fingerprint density at radius 3 is 2.85 bits per heavy atom. The zero-order chi connectivity index (χ0) is 18.7. The van der Waals surface area contributed by atoms with Gasteiger partial charge in [0.05, 0.1) is 6.54 Å². The van der Waals surface area contributed by atoms with Crippen molar-refractivity contribution in [2.45, 2.75) is 31.9 Å². The number of imide groups is 1. The van der Waals surface area contributed by atoms with Crippen LogP contribution >= 0.6 is 0 Å². The molecule has 1 aromatic rings. The standard InChI is InChI=1S/C17H19F2N3O4/c18-14(19)9-12-16(24)22(17(25)20-12)6-5-15(23)21-7-8-26-13-4-2-1-3-11(13)10-21/h1-4,12,14H,5-10H2,(H,20,25)/t12-/m0/s1. The molecule has 2 aliphatic heterocycles. The summed E-state index contributed by atoms with van der Waals surface area (Å²) in [6, 6.07) is 5.44. The van der Waals surface area contributed by atoms with Crippen LogP contribution in [0.1, 0.15) is 18.4 Å². The highest BCUT2D eigenvalue weighted by atomic mass is 19.3. The summed E-state index contributed by atoms with van der Waals surface area (Å²) in [4.78, 5) is 38.7. The average Bonchev–Trinajstić information content (AvgIpc) is 2.77. The Labute approximate surface area is 148 Å². The Kier molecular flexibility index (Phi) is 5.34. The lowest BCUT2D eigenvalue weighted by Crippen LogP contribution is -2.38. The summed E-state index contributed by atoms with van der Waals surface area (Å²) in [6.45, 7) is 0.982. The van der Waals surface area contributed by atoms with Crippen molar-refractivity contribution in [3.05, 3.63) is 29.8 Å². The van der Waals surface area contributed by atoms with E-state index in [9.17, 15) is 23.2 Å². The largest absolute Gasteiger partial charge is 0.491 e. The second-order valence-electron chi connectivity index (χ2n) is 6.14. The molecule has 1 fully saturated rings. The highest BCUT2D eigenvalue weighted by molar-refractivity contribution is 6.04. The van der Waals surface area contributed by atoms with Gasteiger partial charge in [0.25, 0.3) is 5.91 Å². The van der Waals surface area contributed by atoms with Gasteiger partial charge in [0.15, 0.2) is 0 Å². The van der Waals surface area contributed by atoms with Crippen molar-refractivity contribution in [2.24, 2.45) is 0 Å². The summed E-state index contributed by atoms with van der Waals surface area (Å²) in [7, 11) is 0. The lowest BCUT2D eigenvalue weighted by atomic mass is 10.2. The lowest BCUT2D eigenvalue weighted by molar-refractivity contribution is -0.133. The van der Waals surface area contributed by atoms with Crippen LogP contribution < -0.4 is 10.1 Å². The van der Waals surface area contributed by atoms with Gasteiger partial charge in [-0.15, -0.1) is 0 Å². The molecule has 140 valence electrons. The molecule has 1 saturated heterocycles. The fourth-order valence-corrected chi connectivity index (χ4v) is 3.03. The number of amides is 4. The Morgan fingerprint density at radius 1 is 1.31 bits per heavy atom. The molecule has 7 nitrogen and oxygen atoms in total. The SMILES string of the molecule is O=C(CCN1C(=O)N[C@@H](CC(F)F)C1=O)N1CCOc2ccccc2C1. The van der Waals surface area contributed by atoms with Crippen LogP contribution in [0.2, 0.25) is 0 Å². The maximum Gasteiger partial charge on any atom is 0.324 e. The lowest BCUT2D eigenvalue weighted by Gasteiger charge is -2.21. The number of para-hydroxylation sites is 1. The number of urea groups is 1. The van der Waals surface area contributed by atoms with E-state index in [1.165, 1.54) is 0 Å². The topological polar surface area (TPSA) is 79.0 Å². The smallest absolute Gasteiger partial charge is 0.324 e. The molecule has 1 atom stereocenters. The molecule has 0 aromatic heterocycles. The van der Waals surface area contributed by atoms with Crippen LogP contribution in [-0.2, 0) is 16.1 Å². The maximum absolute atomic E-state index is 12.5. The van der Waals surface area contributed by atoms with Gasteiger partial charge in [0.1, 0.15) is 18.4 Å². The zero-order valence-electron chi connectivity index (χ0n) is 14.0. The molecule has 0 bridgehead atoms. The van der Waals surface area contributed by atoms with Gasteiger partial charge in [0, 0.05) is 31.5 Å². The van der Waals surface area contributed by atoms with Gasteiger partial charge in [-0.25, -0.2) is 13.6 Å². The molecule has 0 unspecified atom stereocenters.